The zero-order valence-electron chi connectivity index (χ0n) is 28.3. The van der Waals surface area contributed by atoms with Gasteiger partial charge in [-0.1, -0.05) is 91.0 Å². The van der Waals surface area contributed by atoms with Crippen LogP contribution in [0, 0.1) is 0 Å². The third-order valence-corrected chi connectivity index (χ3v) is 11.5. The Labute approximate surface area is 294 Å². The Morgan fingerprint density at radius 1 is 0.360 bits per heavy atom. The topological polar surface area (TPSA) is 6.48 Å². The molecule has 0 aliphatic heterocycles. The van der Waals surface area contributed by atoms with Crippen molar-refractivity contribution < 1.29 is 0 Å². The molecule has 240 valence electrons. The van der Waals surface area contributed by atoms with Crippen LogP contribution in [0.5, 0.6) is 0 Å². The van der Waals surface area contributed by atoms with Crippen LogP contribution in [0.4, 0.5) is 34.1 Å². The van der Waals surface area contributed by atoms with Crippen LogP contribution in [0.1, 0.15) is 45.9 Å². The first-order valence-electron chi connectivity index (χ1n) is 17.9. The quantitative estimate of drug-likeness (QED) is 0.171. The van der Waals surface area contributed by atoms with E-state index in [-0.39, 0.29) is 5.41 Å². The highest BCUT2D eigenvalue weighted by Gasteiger charge is 2.42. The normalized spacial score (nSPS) is 14.3. The summed E-state index contributed by atoms with van der Waals surface area (Å²) in [6.07, 6.45) is 4.68. The molecule has 7 aromatic rings. The average molecular weight is 643 g/mol. The van der Waals surface area contributed by atoms with E-state index in [1.54, 1.807) is 0 Å². The number of nitrogens with zero attached hydrogens (tertiary/aromatic N) is 2. The van der Waals surface area contributed by atoms with Crippen molar-refractivity contribution in [3.05, 3.63) is 203 Å². The zero-order chi connectivity index (χ0) is 33.2. The van der Waals surface area contributed by atoms with E-state index in [1.165, 1.54) is 97.0 Å². The van der Waals surface area contributed by atoms with Crippen molar-refractivity contribution in [2.24, 2.45) is 0 Å². The third-order valence-electron chi connectivity index (χ3n) is 11.5. The number of fused-ring (bicyclic) bond motifs is 5. The molecule has 3 aliphatic carbocycles. The van der Waals surface area contributed by atoms with E-state index in [2.05, 4.69) is 181 Å². The predicted octanol–water partition coefficient (Wildman–Crippen LogP) is 12.2. The fourth-order valence-corrected chi connectivity index (χ4v) is 8.56. The van der Waals surface area contributed by atoms with E-state index in [9.17, 15) is 0 Å². The van der Waals surface area contributed by atoms with Crippen LogP contribution in [0.2, 0.25) is 0 Å². The number of hydrogen-bond acceptors (Lipinski definition) is 2. The smallest absolute Gasteiger partial charge is 0.0465 e. The second-order valence-electron chi connectivity index (χ2n) is 14.2. The molecule has 0 radical (unpaired) electrons. The van der Waals surface area contributed by atoms with E-state index in [1.807, 2.05) is 0 Å². The van der Waals surface area contributed by atoms with Crippen molar-refractivity contribution in [2.45, 2.75) is 38.0 Å². The highest BCUT2D eigenvalue weighted by atomic mass is 15.1. The van der Waals surface area contributed by atoms with Crippen LogP contribution in [0.25, 0.3) is 11.1 Å². The van der Waals surface area contributed by atoms with E-state index in [0.717, 1.165) is 12.8 Å². The molecule has 2 nitrogen and oxygen atoms in total. The molecule has 0 atom stereocenters. The Hall–Kier alpha value is -5.86. The lowest BCUT2D eigenvalue weighted by molar-refractivity contribution is 0.714. The van der Waals surface area contributed by atoms with Crippen LogP contribution in [-0.4, -0.2) is 0 Å². The molecule has 7 aromatic carbocycles. The molecule has 0 heterocycles. The van der Waals surface area contributed by atoms with Gasteiger partial charge in [0.1, 0.15) is 0 Å². The van der Waals surface area contributed by atoms with Gasteiger partial charge in [0.15, 0.2) is 0 Å². The summed E-state index contributed by atoms with van der Waals surface area (Å²) in [6, 6.07) is 61.0. The molecule has 0 aromatic heterocycles. The number of aryl methyl sites for hydroxylation is 4. The first-order chi connectivity index (χ1) is 24.6. The van der Waals surface area contributed by atoms with E-state index in [0.29, 0.717) is 0 Å². The van der Waals surface area contributed by atoms with Crippen LogP contribution < -0.4 is 9.80 Å². The van der Waals surface area contributed by atoms with Gasteiger partial charge in [-0.15, -0.1) is 0 Å². The van der Waals surface area contributed by atoms with Gasteiger partial charge in [-0.25, -0.2) is 0 Å². The first kappa shape index (κ1) is 29.1. The summed E-state index contributed by atoms with van der Waals surface area (Å²) < 4.78 is 0. The minimum Gasteiger partial charge on any atom is -0.310 e. The summed E-state index contributed by atoms with van der Waals surface area (Å²) >= 11 is 0. The number of rotatable bonds is 7. The molecule has 50 heavy (non-hydrogen) atoms. The molecule has 0 fully saturated rings. The van der Waals surface area contributed by atoms with Gasteiger partial charge >= 0.3 is 0 Å². The van der Waals surface area contributed by atoms with Crippen LogP contribution in [-0.2, 0) is 31.1 Å². The molecule has 10 rings (SSSR count). The highest BCUT2D eigenvalue weighted by molar-refractivity contribution is 5.90. The maximum absolute atomic E-state index is 2.46. The molecule has 0 saturated carbocycles. The van der Waals surface area contributed by atoms with E-state index < -0.39 is 0 Å². The summed E-state index contributed by atoms with van der Waals surface area (Å²) in [4.78, 5) is 4.86. The summed E-state index contributed by atoms with van der Waals surface area (Å²) in [5.74, 6) is 0. The molecule has 0 unspecified atom stereocenters. The molecule has 0 saturated heterocycles. The second-order valence-corrected chi connectivity index (χ2v) is 14.2. The van der Waals surface area contributed by atoms with Crippen LogP contribution >= 0.6 is 0 Å². The van der Waals surface area contributed by atoms with Gasteiger partial charge in [0.05, 0.1) is 0 Å². The summed E-state index contributed by atoms with van der Waals surface area (Å²) in [6.45, 7) is 2.43. The maximum Gasteiger partial charge on any atom is 0.0465 e. The van der Waals surface area contributed by atoms with Gasteiger partial charge in [0, 0.05) is 39.5 Å². The van der Waals surface area contributed by atoms with E-state index in [4.69, 9.17) is 0 Å². The van der Waals surface area contributed by atoms with Crippen molar-refractivity contribution >= 4 is 34.1 Å². The average Bonchev–Trinajstić information content (AvgIpc) is 3.39. The van der Waals surface area contributed by atoms with Gasteiger partial charge in [-0.3, -0.25) is 0 Å². The van der Waals surface area contributed by atoms with Gasteiger partial charge in [0.2, 0.25) is 0 Å². The lowest BCUT2D eigenvalue weighted by Crippen LogP contribution is -2.23. The number of para-hydroxylation sites is 2. The Bertz CT molecular complexity index is 2250. The van der Waals surface area contributed by atoms with Crippen molar-refractivity contribution in [3.63, 3.8) is 0 Å². The Morgan fingerprint density at radius 3 is 1.14 bits per heavy atom. The molecule has 2 heteroatoms. The van der Waals surface area contributed by atoms with Gasteiger partial charge in [-0.05, 0) is 155 Å². The predicted molar refractivity (Wildman–Crippen MR) is 208 cm³/mol. The minimum atomic E-state index is -0.358. The van der Waals surface area contributed by atoms with Crippen LogP contribution in [0.3, 0.4) is 0 Å². The summed E-state index contributed by atoms with van der Waals surface area (Å²) in [5.41, 5.74) is 19.2. The van der Waals surface area contributed by atoms with Gasteiger partial charge in [0.25, 0.3) is 0 Å². The summed E-state index contributed by atoms with van der Waals surface area (Å²) in [5, 5.41) is 0. The Morgan fingerprint density at radius 2 is 0.740 bits per heavy atom. The lowest BCUT2D eigenvalue weighted by Gasteiger charge is -2.32. The fourth-order valence-electron chi connectivity index (χ4n) is 8.56. The second kappa shape index (κ2) is 11.4. The third kappa shape index (κ3) is 4.48. The maximum atomic E-state index is 2.46. The highest BCUT2D eigenvalue weighted by Crippen LogP contribution is 2.55. The SMILES string of the molecule is CC1(c2ccccc2)c2cc(N(c3ccccc3)c3ccc4c(c3)CC4)ccc2-c2ccc(N(c3ccccc3)c3ccc4c(c3)CC4)cc21. The Balaban J connectivity index is 1.16. The number of hydrogen-bond donors (Lipinski definition) is 0. The first-order valence-corrected chi connectivity index (χ1v) is 17.9. The zero-order valence-corrected chi connectivity index (χ0v) is 28.3. The van der Waals surface area contributed by atoms with Crippen molar-refractivity contribution in [3.8, 4) is 11.1 Å². The standard InChI is InChI=1S/C48H38N2/c1-48(37-11-5-2-6-12-37)46-31-42(49(38-13-7-3-8-14-38)40-23-21-33-17-19-35(33)29-40)25-27-44(46)45-28-26-43(32-47(45)48)50(39-15-9-4-10-16-39)41-24-22-34-18-20-36(34)30-41/h2-16,21-32H,17-20H2,1H3. The van der Waals surface area contributed by atoms with Crippen molar-refractivity contribution in [1.29, 1.82) is 0 Å². The molecule has 0 N–H and O–H groups in total. The molecular weight excluding hydrogens is 605 g/mol. The molecule has 0 bridgehead atoms. The van der Waals surface area contributed by atoms with Gasteiger partial charge in [-0.2, -0.15) is 0 Å². The molecular formula is C48H38N2. The Kier molecular flexibility index (Phi) is 6.61. The fraction of sp³-hybridized carbons (Fsp3) is 0.125. The molecule has 3 aliphatic rings. The van der Waals surface area contributed by atoms with E-state index >= 15 is 0 Å². The molecule has 0 spiro atoms. The lowest BCUT2D eigenvalue weighted by atomic mass is 9.74. The monoisotopic (exact) mass is 642 g/mol. The minimum absolute atomic E-state index is 0.358. The van der Waals surface area contributed by atoms with Crippen LogP contribution in [0.15, 0.2) is 164 Å². The number of benzene rings is 7. The van der Waals surface area contributed by atoms with Gasteiger partial charge < -0.3 is 9.80 Å². The largest absolute Gasteiger partial charge is 0.310 e. The van der Waals surface area contributed by atoms with Crippen molar-refractivity contribution in [2.75, 3.05) is 9.80 Å². The molecule has 0 amide bonds. The van der Waals surface area contributed by atoms with Crippen molar-refractivity contribution in [1.82, 2.24) is 0 Å². The number of anilines is 6. The summed E-state index contributed by atoms with van der Waals surface area (Å²) in [7, 11) is 0.